The maximum atomic E-state index is 15.0. The summed E-state index contributed by atoms with van der Waals surface area (Å²) in [4.78, 5) is 18.3. The van der Waals surface area contributed by atoms with E-state index < -0.39 is 5.82 Å². The van der Waals surface area contributed by atoms with E-state index in [-0.39, 0.29) is 11.7 Å². The molecule has 0 aliphatic heterocycles. The number of fused-ring (bicyclic) bond motifs is 2. The Hall–Kier alpha value is -3.61. The van der Waals surface area contributed by atoms with Crippen LogP contribution in [0.1, 0.15) is 18.5 Å². The van der Waals surface area contributed by atoms with Crippen molar-refractivity contribution in [1.82, 2.24) is 9.97 Å². The molecule has 0 saturated heterocycles. The van der Waals surface area contributed by atoms with E-state index in [1.165, 1.54) is 0 Å². The summed E-state index contributed by atoms with van der Waals surface area (Å²) in [5.41, 5.74) is 2.25. The third-order valence-corrected chi connectivity index (χ3v) is 5.98. The van der Waals surface area contributed by atoms with E-state index in [1.807, 2.05) is 6.92 Å². The van der Waals surface area contributed by atoms with Gasteiger partial charge in [0.2, 0.25) is 0 Å². The summed E-state index contributed by atoms with van der Waals surface area (Å²) in [6, 6.07) is 10.5. The molecule has 0 amide bonds. The number of rotatable bonds is 7. The Balaban J connectivity index is 1.44. The molecule has 0 unspecified atom stereocenters. The van der Waals surface area contributed by atoms with Gasteiger partial charge in [-0.05, 0) is 56.0 Å². The highest BCUT2D eigenvalue weighted by Gasteiger charge is 2.29. The highest BCUT2D eigenvalue weighted by Crippen LogP contribution is 2.39. The molecule has 5 rings (SSSR count). The number of carbonyl (C=O) groups is 1. The number of H-pyrrole nitrogens is 1. The number of nitrogens with zero attached hydrogens (tertiary/aromatic N) is 1. The Morgan fingerprint density at radius 1 is 1.09 bits per heavy atom. The predicted molar refractivity (Wildman–Crippen MR) is 119 cm³/mol. The summed E-state index contributed by atoms with van der Waals surface area (Å²) in [6.07, 6.45) is 4.33. The number of nitrogens with one attached hydrogen (secondary N) is 1. The Kier molecular flexibility index (Phi) is 5.17. The Morgan fingerprint density at radius 2 is 1.94 bits per heavy atom. The van der Waals surface area contributed by atoms with Crippen molar-refractivity contribution in [3.05, 3.63) is 54.1 Å². The third kappa shape index (κ3) is 3.64. The molecule has 1 fully saturated rings. The SMILES string of the molecule is COc1cc2c(Oc3ccc4[nH]c(C)cc4c3F)ccnc2cc1OCC1CC(C=O)C1. The third-order valence-electron chi connectivity index (χ3n) is 5.98. The monoisotopic (exact) mass is 434 g/mol. The molecule has 1 N–H and O–H groups in total. The minimum absolute atomic E-state index is 0.137. The molecule has 32 heavy (non-hydrogen) atoms. The second-order valence-electron chi connectivity index (χ2n) is 8.27. The molecule has 2 heterocycles. The zero-order valence-corrected chi connectivity index (χ0v) is 17.9. The topological polar surface area (TPSA) is 73.4 Å². The van der Waals surface area contributed by atoms with Crippen LogP contribution < -0.4 is 14.2 Å². The lowest BCUT2D eigenvalue weighted by Crippen LogP contribution is -2.29. The van der Waals surface area contributed by atoms with Crippen LogP contribution in [0.4, 0.5) is 4.39 Å². The fraction of sp³-hybridized carbons (Fsp3) is 0.280. The maximum absolute atomic E-state index is 15.0. The molecule has 0 bridgehead atoms. The molecule has 7 heteroatoms. The molecule has 0 spiro atoms. The van der Waals surface area contributed by atoms with Gasteiger partial charge >= 0.3 is 0 Å². The van der Waals surface area contributed by atoms with Gasteiger partial charge in [0, 0.05) is 40.2 Å². The molecular weight excluding hydrogens is 411 g/mol. The van der Waals surface area contributed by atoms with Gasteiger partial charge in [-0.1, -0.05) is 0 Å². The van der Waals surface area contributed by atoms with Crippen molar-refractivity contribution in [2.75, 3.05) is 13.7 Å². The van der Waals surface area contributed by atoms with E-state index in [1.54, 1.807) is 49.7 Å². The van der Waals surface area contributed by atoms with Crippen molar-refractivity contribution in [2.24, 2.45) is 11.8 Å². The standard InChI is InChI=1S/C25H23FN2O4/c1-14-7-18-19(28-14)3-4-22(25(18)26)32-21-5-6-27-20-11-24(23(30-2)10-17(20)21)31-13-16-8-15(9-16)12-29/h3-7,10-12,15-16,28H,8-9,13H2,1-2H3. The number of halogens is 1. The molecule has 6 nitrogen and oxygen atoms in total. The van der Waals surface area contributed by atoms with E-state index >= 15 is 4.39 Å². The molecule has 1 saturated carbocycles. The van der Waals surface area contributed by atoms with Crippen LogP contribution >= 0.6 is 0 Å². The Bertz CT molecular complexity index is 1310. The first-order chi connectivity index (χ1) is 15.6. The number of aryl methyl sites for hydroxylation is 1. The first-order valence-electron chi connectivity index (χ1n) is 10.6. The van der Waals surface area contributed by atoms with Gasteiger partial charge in [0.15, 0.2) is 23.1 Å². The minimum Gasteiger partial charge on any atom is -0.493 e. The summed E-state index contributed by atoms with van der Waals surface area (Å²) < 4.78 is 32.5. The summed E-state index contributed by atoms with van der Waals surface area (Å²) in [6.45, 7) is 2.40. The summed E-state index contributed by atoms with van der Waals surface area (Å²) >= 11 is 0. The smallest absolute Gasteiger partial charge is 0.175 e. The summed E-state index contributed by atoms with van der Waals surface area (Å²) in [5, 5.41) is 1.17. The molecule has 0 radical (unpaired) electrons. The number of methoxy groups -OCH3 is 1. The Labute approximate surface area is 184 Å². The van der Waals surface area contributed by atoms with Crippen LogP contribution in [0.3, 0.4) is 0 Å². The number of hydrogen-bond acceptors (Lipinski definition) is 5. The highest BCUT2D eigenvalue weighted by atomic mass is 19.1. The van der Waals surface area contributed by atoms with Crippen molar-refractivity contribution in [3.63, 3.8) is 0 Å². The van der Waals surface area contributed by atoms with Gasteiger partial charge in [-0.15, -0.1) is 0 Å². The summed E-state index contributed by atoms with van der Waals surface area (Å²) in [5.74, 6) is 1.82. The number of hydrogen-bond donors (Lipinski definition) is 1. The van der Waals surface area contributed by atoms with E-state index in [0.717, 1.165) is 30.3 Å². The Morgan fingerprint density at radius 3 is 2.72 bits per heavy atom. The number of carbonyl (C=O) groups excluding carboxylic acids is 1. The number of aromatic nitrogens is 2. The maximum Gasteiger partial charge on any atom is 0.175 e. The largest absolute Gasteiger partial charge is 0.493 e. The molecule has 2 aromatic heterocycles. The van der Waals surface area contributed by atoms with Crippen LogP contribution in [0.15, 0.2) is 42.6 Å². The molecule has 0 atom stereocenters. The van der Waals surface area contributed by atoms with Crippen molar-refractivity contribution in [2.45, 2.75) is 19.8 Å². The second kappa shape index (κ2) is 8.15. The van der Waals surface area contributed by atoms with Gasteiger partial charge in [0.25, 0.3) is 0 Å². The zero-order chi connectivity index (χ0) is 22.2. The number of ether oxygens (including phenoxy) is 3. The molecule has 1 aliphatic rings. The van der Waals surface area contributed by atoms with Gasteiger partial charge < -0.3 is 24.0 Å². The molecule has 1 aliphatic carbocycles. The average molecular weight is 434 g/mol. The summed E-state index contributed by atoms with van der Waals surface area (Å²) in [7, 11) is 1.57. The average Bonchev–Trinajstić information content (AvgIpc) is 3.15. The lowest BCUT2D eigenvalue weighted by Gasteiger charge is -2.31. The number of aromatic amines is 1. The minimum atomic E-state index is -0.419. The van der Waals surface area contributed by atoms with Crippen LogP contribution in [0.2, 0.25) is 0 Å². The van der Waals surface area contributed by atoms with Crippen LogP contribution in [0, 0.1) is 24.6 Å². The van der Waals surface area contributed by atoms with Crippen LogP contribution in [0.5, 0.6) is 23.0 Å². The van der Waals surface area contributed by atoms with E-state index in [2.05, 4.69) is 9.97 Å². The van der Waals surface area contributed by atoms with Gasteiger partial charge in [-0.3, -0.25) is 4.98 Å². The predicted octanol–water partition coefficient (Wildman–Crippen LogP) is 5.57. The fourth-order valence-electron chi connectivity index (χ4n) is 4.22. The van der Waals surface area contributed by atoms with Gasteiger partial charge in [0.1, 0.15) is 12.0 Å². The van der Waals surface area contributed by atoms with Crippen molar-refractivity contribution >= 4 is 28.1 Å². The number of pyridine rings is 1. The van der Waals surface area contributed by atoms with Crippen molar-refractivity contribution in [3.8, 4) is 23.0 Å². The lowest BCUT2D eigenvalue weighted by atomic mass is 9.76. The fourth-order valence-corrected chi connectivity index (χ4v) is 4.22. The van der Waals surface area contributed by atoms with Crippen LogP contribution in [-0.4, -0.2) is 30.0 Å². The van der Waals surface area contributed by atoms with E-state index in [9.17, 15) is 4.79 Å². The second-order valence-corrected chi connectivity index (χ2v) is 8.27. The molecule has 164 valence electrons. The molecular formula is C25H23FN2O4. The first-order valence-corrected chi connectivity index (χ1v) is 10.6. The van der Waals surface area contributed by atoms with E-state index in [4.69, 9.17) is 14.2 Å². The van der Waals surface area contributed by atoms with Gasteiger partial charge in [-0.2, -0.15) is 0 Å². The first kappa shape index (κ1) is 20.3. The van der Waals surface area contributed by atoms with Crippen LogP contribution in [0.25, 0.3) is 21.8 Å². The zero-order valence-electron chi connectivity index (χ0n) is 17.9. The lowest BCUT2D eigenvalue weighted by molar-refractivity contribution is -0.114. The van der Waals surface area contributed by atoms with Gasteiger partial charge in [-0.25, -0.2) is 4.39 Å². The number of benzene rings is 2. The van der Waals surface area contributed by atoms with Crippen molar-refractivity contribution < 1.29 is 23.4 Å². The highest BCUT2D eigenvalue weighted by molar-refractivity contribution is 5.89. The quantitative estimate of drug-likeness (QED) is 0.385. The molecule has 4 aromatic rings. The van der Waals surface area contributed by atoms with Gasteiger partial charge in [0.05, 0.1) is 19.2 Å². The van der Waals surface area contributed by atoms with Crippen LogP contribution in [-0.2, 0) is 4.79 Å². The van der Waals surface area contributed by atoms with Crippen molar-refractivity contribution in [1.29, 1.82) is 0 Å². The number of aldehydes is 1. The molecule has 2 aromatic carbocycles. The van der Waals surface area contributed by atoms with E-state index in [0.29, 0.717) is 46.1 Å². The normalized spacial score (nSPS) is 17.8.